The van der Waals surface area contributed by atoms with Crippen molar-refractivity contribution < 1.29 is 9.90 Å². The molecule has 1 aliphatic rings. The van der Waals surface area contributed by atoms with Crippen molar-refractivity contribution >= 4 is 16.8 Å². The average molecular weight is 315 g/mol. The Bertz CT molecular complexity index is 694. The van der Waals surface area contributed by atoms with E-state index in [0.29, 0.717) is 13.0 Å². The van der Waals surface area contributed by atoms with Crippen LogP contribution < -0.4 is 0 Å². The van der Waals surface area contributed by atoms with Gasteiger partial charge in [0.1, 0.15) is 0 Å². The lowest BCUT2D eigenvalue weighted by molar-refractivity contribution is -0.136. The summed E-state index contributed by atoms with van der Waals surface area (Å²) in [7, 11) is 3.47. The SMILES string of the molecule is CN(C)C(=O)CC1(O)CCCN(Cc2cccc3cc[nH]c23)C1. The monoisotopic (exact) mass is 315 g/mol. The molecule has 1 aromatic heterocycles. The largest absolute Gasteiger partial charge is 0.388 e. The topological polar surface area (TPSA) is 59.6 Å². The number of piperidine rings is 1. The van der Waals surface area contributed by atoms with Gasteiger partial charge in [-0.2, -0.15) is 0 Å². The molecule has 5 heteroatoms. The molecule has 3 rings (SSSR count). The van der Waals surface area contributed by atoms with E-state index in [1.54, 1.807) is 19.0 Å². The molecule has 1 aromatic carbocycles. The molecule has 2 aromatic rings. The third-order valence-electron chi connectivity index (χ3n) is 4.68. The number of amides is 1. The van der Waals surface area contributed by atoms with Crippen LogP contribution in [-0.2, 0) is 11.3 Å². The summed E-state index contributed by atoms with van der Waals surface area (Å²) >= 11 is 0. The zero-order valence-corrected chi connectivity index (χ0v) is 13.9. The van der Waals surface area contributed by atoms with Crippen molar-refractivity contribution in [3.05, 3.63) is 36.0 Å². The molecule has 1 fully saturated rings. The maximum absolute atomic E-state index is 12.0. The highest BCUT2D eigenvalue weighted by Crippen LogP contribution is 2.27. The number of carbonyl (C=O) groups excluding carboxylic acids is 1. The Morgan fingerprint density at radius 2 is 2.22 bits per heavy atom. The lowest BCUT2D eigenvalue weighted by Crippen LogP contribution is -2.50. The van der Waals surface area contributed by atoms with Crippen LogP contribution in [0.2, 0.25) is 0 Å². The smallest absolute Gasteiger partial charge is 0.224 e. The van der Waals surface area contributed by atoms with Crippen LogP contribution in [0.15, 0.2) is 30.5 Å². The molecule has 0 radical (unpaired) electrons. The van der Waals surface area contributed by atoms with Gasteiger partial charge in [0.15, 0.2) is 0 Å². The number of aromatic nitrogens is 1. The molecule has 23 heavy (non-hydrogen) atoms. The summed E-state index contributed by atoms with van der Waals surface area (Å²) in [6, 6.07) is 8.35. The Hall–Kier alpha value is -1.85. The maximum Gasteiger partial charge on any atom is 0.224 e. The summed E-state index contributed by atoms with van der Waals surface area (Å²) in [5.74, 6) is -0.0131. The lowest BCUT2D eigenvalue weighted by atomic mass is 9.89. The van der Waals surface area contributed by atoms with Crippen molar-refractivity contribution in [2.75, 3.05) is 27.2 Å². The van der Waals surface area contributed by atoms with Gasteiger partial charge in [0, 0.05) is 38.9 Å². The number of rotatable bonds is 4. The van der Waals surface area contributed by atoms with Gasteiger partial charge in [0.2, 0.25) is 5.91 Å². The van der Waals surface area contributed by atoms with Gasteiger partial charge in [-0.3, -0.25) is 9.69 Å². The first-order valence-corrected chi connectivity index (χ1v) is 8.17. The number of nitrogens with zero attached hydrogens (tertiary/aromatic N) is 2. The highest BCUT2D eigenvalue weighted by atomic mass is 16.3. The number of para-hydroxylation sites is 1. The number of β-amino-alcohol motifs (C(OH)–C–C–N with tert-alkyl or cyclic N) is 1. The number of nitrogens with one attached hydrogen (secondary N) is 1. The van der Waals surface area contributed by atoms with Crippen LogP contribution in [0.5, 0.6) is 0 Å². The Balaban J connectivity index is 1.71. The molecule has 1 saturated heterocycles. The van der Waals surface area contributed by atoms with Gasteiger partial charge in [-0.05, 0) is 36.4 Å². The summed E-state index contributed by atoms with van der Waals surface area (Å²) in [4.78, 5) is 19.1. The minimum absolute atomic E-state index is 0.0131. The van der Waals surface area contributed by atoms with Crippen LogP contribution in [0.4, 0.5) is 0 Å². The minimum atomic E-state index is -0.913. The van der Waals surface area contributed by atoms with Crippen molar-refractivity contribution in [1.82, 2.24) is 14.8 Å². The van der Waals surface area contributed by atoms with E-state index in [-0.39, 0.29) is 12.3 Å². The van der Waals surface area contributed by atoms with Crippen molar-refractivity contribution in [2.24, 2.45) is 0 Å². The van der Waals surface area contributed by atoms with Gasteiger partial charge in [0.25, 0.3) is 0 Å². The molecule has 5 nitrogen and oxygen atoms in total. The fourth-order valence-corrected chi connectivity index (χ4v) is 3.45. The predicted molar refractivity (Wildman–Crippen MR) is 91.1 cm³/mol. The number of hydrogen-bond donors (Lipinski definition) is 2. The zero-order valence-electron chi connectivity index (χ0n) is 13.9. The van der Waals surface area contributed by atoms with Gasteiger partial charge in [-0.25, -0.2) is 0 Å². The minimum Gasteiger partial charge on any atom is -0.388 e. The zero-order chi connectivity index (χ0) is 16.4. The molecule has 0 bridgehead atoms. The molecule has 1 atom stereocenters. The molecule has 0 saturated carbocycles. The highest BCUT2D eigenvalue weighted by molar-refractivity contribution is 5.82. The van der Waals surface area contributed by atoms with E-state index >= 15 is 0 Å². The Morgan fingerprint density at radius 3 is 3.00 bits per heavy atom. The van der Waals surface area contributed by atoms with Gasteiger partial charge in [-0.1, -0.05) is 18.2 Å². The van der Waals surface area contributed by atoms with Crippen LogP contribution in [0.25, 0.3) is 10.9 Å². The molecule has 1 aliphatic heterocycles. The summed E-state index contributed by atoms with van der Waals surface area (Å²) in [5, 5.41) is 12.0. The first-order valence-electron chi connectivity index (χ1n) is 8.17. The molecular weight excluding hydrogens is 290 g/mol. The number of carbonyl (C=O) groups is 1. The quantitative estimate of drug-likeness (QED) is 0.907. The highest BCUT2D eigenvalue weighted by Gasteiger charge is 2.35. The van der Waals surface area contributed by atoms with E-state index in [9.17, 15) is 9.90 Å². The first-order chi connectivity index (χ1) is 11.0. The van der Waals surface area contributed by atoms with Crippen molar-refractivity contribution in [3.63, 3.8) is 0 Å². The van der Waals surface area contributed by atoms with Crippen LogP contribution in [0.3, 0.4) is 0 Å². The summed E-state index contributed by atoms with van der Waals surface area (Å²) in [6.45, 7) is 2.29. The third kappa shape index (κ3) is 3.57. The molecule has 124 valence electrons. The van der Waals surface area contributed by atoms with Gasteiger partial charge in [0.05, 0.1) is 12.0 Å². The molecule has 0 spiro atoms. The van der Waals surface area contributed by atoms with E-state index in [0.717, 1.165) is 25.0 Å². The van der Waals surface area contributed by atoms with Crippen LogP contribution in [-0.4, -0.2) is 58.6 Å². The Kier molecular flexibility index (Phi) is 4.41. The standard InChI is InChI=1S/C18H25N3O2/c1-20(2)16(22)11-18(23)8-4-10-21(13-18)12-15-6-3-5-14-7-9-19-17(14)15/h3,5-7,9,19,23H,4,8,10-13H2,1-2H3. The van der Waals surface area contributed by atoms with Gasteiger partial charge in [-0.15, -0.1) is 0 Å². The van der Waals surface area contributed by atoms with Crippen LogP contribution in [0, 0.1) is 0 Å². The summed E-state index contributed by atoms with van der Waals surface area (Å²) in [5.41, 5.74) is 1.48. The molecule has 0 aliphatic carbocycles. The van der Waals surface area contributed by atoms with Crippen LogP contribution in [0.1, 0.15) is 24.8 Å². The number of fused-ring (bicyclic) bond motifs is 1. The van der Waals surface area contributed by atoms with Crippen molar-refractivity contribution in [1.29, 1.82) is 0 Å². The molecule has 1 amide bonds. The van der Waals surface area contributed by atoms with E-state index in [1.807, 2.05) is 6.20 Å². The fraction of sp³-hybridized carbons (Fsp3) is 0.500. The molecular formula is C18H25N3O2. The Morgan fingerprint density at radius 1 is 1.39 bits per heavy atom. The maximum atomic E-state index is 12.0. The van der Waals surface area contributed by atoms with Gasteiger partial charge >= 0.3 is 0 Å². The van der Waals surface area contributed by atoms with Crippen LogP contribution >= 0.6 is 0 Å². The number of hydrogen-bond acceptors (Lipinski definition) is 3. The molecule has 2 heterocycles. The van der Waals surface area contributed by atoms with E-state index < -0.39 is 5.60 Å². The summed E-state index contributed by atoms with van der Waals surface area (Å²) in [6.07, 6.45) is 3.76. The second-order valence-electron chi connectivity index (χ2n) is 6.86. The molecule has 1 unspecified atom stereocenters. The number of likely N-dealkylation sites (tertiary alicyclic amines) is 1. The second kappa shape index (κ2) is 6.34. The van der Waals surface area contributed by atoms with E-state index in [2.05, 4.69) is 34.1 Å². The first kappa shape index (κ1) is 16.0. The van der Waals surface area contributed by atoms with Crippen molar-refractivity contribution in [3.8, 4) is 0 Å². The predicted octanol–water partition coefficient (Wildman–Crippen LogP) is 1.97. The van der Waals surface area contributed by atoms with E-state index in [1.165, 1.54) is 10.9 Å². The lowest BCUT2D eigenvalue weighted by Gasteiger charge is -2.39. The normalized spacial score (nSPS) is 22.4. The van der Waals surface area contributed by atoms with E-state index in [4.69, 9.17) is 0 Å². The summed E-state index contributed by atoms with van der Waals surface area (Å²) < 4.78 is 0. The number of aromatic amines is 1. The number of H-pyrrole nitrogens is 1. The number of aliphatic hydroxyl groups is 1. The Labute approximate surface area is 136 Å². The third-order valence-corrected chi connectivity index (χ3v) is 4.68. The fourth-order valence-electron chi connectivity index (χ4n) is 3.45. The van der Waals surface area contributed by atoms with Crippen molar-refractivity contribution in [2.45, 2.75) is 31.4 Å². The average Bonchev–Trinajstić information content (AvgIpc) is 2.96. The second-order valence-corrected chi connectivity index (χ2v) is 6.86. The number of benzene rings is 1. The van der Waals surface area contributed by atoms with Gasteiger partial charge < -0.3 is 15.0 Å². The molecule has 2 N–H and O–H groups in total.